The molecule has 6 nitrogen and oxygen atoms in total. The maximum Gasteiger partial charge on any atom is 0.306 e. The van der Waals surface area contributed by atoms with E-state index in [2.05, 4.69) is 106 Å². The van der Waals surface area contributed by atoms with E-state index in [1.165, 1.54) is 116 Å². The van der Waals surface area contributed by atoms with E-state index in [0.717, 1.165) is 70.6 Å². The molecule has 0 aliphatic heterocycles. The Hall–Kier alpha value is -3.41. The van der Waals surface area contributed by atoms with Gasteiger partial charge in [-0.05, 0) is 96.3 Å². The minimum atomic E-state index is -0.816. The molecule has 0 amide bonds. The molecule has 0 aromatic carbocycles. The molecule has 0 saturated carbocycles. The Bertz CT molecular complexity index is 1240. The van der Waals surface area contributed by atoms with Gasteiger partial charge in [0.25, 0.3) is 0 Å². The van der Waals surface area contributed by atoms with Crippen LogP contribution in [0.25, 0.3) is 0 Å². The van der Waals surface area contributed by atoms with Crippen LogP contribution in [0.3, 0.4) is 0 Å². The number of allylic oxidation sites excluding steroid dienone is 14. The highest BCUT2D eigenvalue weighted by molar-refractivity contribution is 5.71. The predicted octanol–water partition coefficient (Wildman–Crippen LogP) is 17.2. The van der Waals surface area contributed by atoms with Crippen molar-refractivity contribution < 1.29 is 28.6 Å². The van der Waals surface area contributed by atoms with Crippen LogP contribution in [-0.2, 0) is 28.6 Å². The third kappa shape index (κ3) is 49.5. The van der Waals surface area contributed by atoms with Crippen LogP contribution in [0.15, 0.2) is 85.1 Å². The van der Waals surface area contributed by atoms with Crippen molar-refractivity contribution in [3.8, 4) is 0 Å². The molecule has 0 saturated heterocycles. The summed E-state index contributed by atoms with van der Waals surface area (Å²) in [6.45, 7) is 6.50. The van der Waals surface area contributed by atoms with Gasteiger partial charge in [0.05, 0.1) is 0 Å². The van der Waals surface area contributed by atoms with Gasteiger partial charge in [0.1, 0.15) is 13.2 Å². The number of hydrogen-bond acceptors (Lipinski definition) is 6. The molecular weight excluding hydrogens is 781 g/mol. The van der Waals surface area contributed by atoms with E-state index in [9.17, 15) is 14.4 Å². The minimum absolute atomic E-state index is 0.108. The second-order valence-corrected chi connectivity index (χ2v) is 17.1. The zero-order valence-corrected chi connectivity index (χ0v) is 41.1. The summed E-state index contributed by atoms with van der Waals surface area (Å²) in [5.74, 6) is -1.01. The quantitative estimate of drug-likeness (QED) is 0.0262. The SMILES string of the molecule is CCCCC/C=C\C/C=C\C/C=C\C/C=C\CCCC(=O)OC[C@@H](COC(=O)CCCCCCCCCCCCCCC)OC(=O)CCCC/C=C\C/C=C\C/C=C\CCCCC. The van der Waals surface area contributed by atoms with Crippen LogP contribution in [0.5, 0.6) is 0 Å². The summed E-state index contributed by atoms with van der Waals surface area (Å²) >= 11 is 0. The highest BCUT2D eigenvalue weighted by Gasteiger charge is 2.19. The van der Waals surface area contributed by atoms with Crippen LogP contribution >= 0.6 is 0 Å². The molecule has 0 unspecified atom stereocenters. The van der Waals surface area contributed by atoms with Gasteiger partial charge in [-0.3, -0.25) is 14.4 Å². The van der Waals surface area contributed by atoms with Crippen molar-refractivity contribution in [1.29, 1.82) is 0 Å². The predicted molar refractivity (Wildman–Crippen MR) is 270 cm³/mol. The standard InChI is InChI=1S/C57H96O6/c1-4-7-10-13-16-19-22-25-27-28-30-32-35-38-41-44-47-50-56(59)62-53-54(52-61-55(58)49-46-43-40-37-34-31-24-21-18-15-12-9-6-3)63-57(60)51-48-45-42-39-36-33-29-26-23-20-17-14-11-8-5-2/h16-17,19-20,25-27,29-30,32,36,38-39,41,54H,4-15,18,21-24,28,31,33-35,37,40,42-53H2,1-3H3/b19-16-,20-17-,27-25-,29-26-,32-30-,39-36-,41-38-/t54-/m1/s1. The number of carbonyl (C=O) groups is 3. The molecule has 0 aliphatic carbocycles. The molecule has 0 radical (unpaired) electrons. The summed E-state index contributed by atoms with van der Waals surface area (Å²) in [5.41, 5.74) is 0. The lowest BCUT2D eigenvalue weighted by Gasteiger charge is -2.18. The Morgan fingerprint density at radius 2 is 0.587 bits per heavy atom. The Kier molecular flexibility index (Phi) is 48.5. The maximum atomic E-state index is 12.8. The van der Waals surface area contributed by atoms with Crippen molar-refractivity contribution in [3.05, 3.63) is 85.1 Å². The van der Waals surface area contributed by atoms with Gasteiger partial charge in [0.15, 0.2) is 6.10 Å². The van der Waals surface area contributed by atoms with Gasteiger partial charge in [-0.2, -0.15) is 0 Å². The average molecular weight is 877 g/mol. The molecule has 63 heavy (non-hydrogen) atoms. The van der Waals surface area contributed by atoms with Crippen LogP contribution in [0.1, 0.15) is 239 Å². The molecule has 0 aromatic heterocycles. The van der Waals surface area contributed by atoms with E-state index in [0.29, 0.717) is 19.3 Å². The summed E-state index contributed by atoms with van der Waals surface area (Å²) in [7, 11) is 0. The molecule has 0 heterocycles. The Morgan fingerprint density at radius 3 is 0.984 bits per heavy atom. The first-order valence-corrected chi connectivity index (χ1v) is 26.1. The Morgan fingerprint density at radius 1 is 0.317 bits per heavy atom. The fraction of sp³-hybridized carbons (Fsp3) is 0.702. The van der Waals surface area contributed by atoms with Gasteiger partial charge in [-0.15, -0.1) is 0 Å². The van der Waals surface area contributed by atoms with Crippen molar-refractivity contribution in [2.45, 2.75) is 245 Å². The zero-order valence-electron chi connectivity index (χ0n) is 41.1. The lowest BCUT2D eigenvalue weighted by Crippen LogP contribution is -2.30. The molecule has 0 rings (SSSR count). The zero-order chi connectivity index (χ0) is 45.8. The van der Waals surface area contributed by atoms with Crippen molar-refractivity contribution >= 4 is 17.9 Å². The second-order valence-electron chi connectivity index (χ2n) is 17.1. The molecular formula is C57H96O6. The van der Waals surface area contributed by atoms with Gasteiger partial charge in [0, 0.05) is 19.3 Å². The first-order valence-electron chi connectivity index (χ1n) is 26.1. The van der Waals surface area contributed by atoms with Crippen LogP contribution in [-0.4, -0.2) is 37.2 Å². The number of ether oxygens (including phenoxy) is 3. The van der Waals surface area contributed by atoms with Crippen LogP contribution in [0, 0.1) is 0 Å². The first kappa shape index (κ1) is 59.6. The van der Waals surface area contributed by atoms with Crippen molar-refractivity contribution in [2.75, 3.05) is 13.2 Å². The van der Waals surface area contributed by atoms with Crippen molar-refractivity contribution in [3.63, 3.8) is 0 Å². The van der Waals surface area contributed by atoms with Gasteiger partial charge in [-0.1, -0.05) is 209 Å². The van der Waals surface area contributed by atoms with E-state index >= 15 is 0 Å². The lowest BCUT2D eigenvalue weighted by molar-refractivity contribution is -0.167. The van der Waals surface area contributed by atoms with Crippen LogP contribution in [0.4, 0.5) is 0 Å². The molecule has 0 fully saturated rings. The Balaban J connectivity index is 4.53. The molecule has 0 aliphatic rings. The smallest absolute Gasteiger partial charge is 0.306 e. The summed E-state index contributed by atoms with van der Waals surface area (Å²) in [5, 5.41) is 0. The maximum absolute atomic E-state index is 12.8. The number of hydrogen-bond donors (Lipinski definition) is 0. The third-order valence-electron chi connectivity index (χ3n) is 10.9. The third-order valence-corrected chi connectivity index (χ3v) is 10.9. The number of rotatable bonds is 46. The monoisotopic (exact) mass is 877 g/mol. The molecule has 0 spiro atoms. The highest BCUT2D eigenvalue weighted by Crippen LogP contribution is 2.14. The molecule has 1 atom stereocenters. The van der Waals surface area contributed by atoms with E-state index in [1.54, 1.807) is 0 Å². The van der Waals surface area contributed by atoms with E-state index in [4.69, 9.17) is 14.2 Å². The van der Waals surface area contributed by atoms with E-state index < -0.39 is 6.10 Å². The highest BCUT2D eigenvalue weighted by atomic mass is 16.6. The summed E-state index contributed by atoms with van der Waals surface area (Å²) in [4.78, 5) is 37.9. The normalized spacial score (nSPS) is 12.7. The van der Waals surface area contributed by atoms with Gasteiger partial charge < -0.3 is 14.2 Å². The van der Waals surface area contributed by atoms with Gasteiger partial charge >= 0.3 is 17.9 Å². The van der Waals surface area contributed by atoms with Crippen LogP contribution in [0.2, 0.25) is 0 Å². The molecule has 0 aromatic rings. The number of unbranched alkanes of at least 4 members (excludes halogenated alkanes) is 21. The molecule has 0 N–H and O–H groups in total. The fourth-order valence-corrected chi connectivity index (χ4v) is 6.91. The summed E-state index contributed by atoms with van der Waals surface area (Å²) in [6.07, 6.45) is 65.7. The van der Waals surface area contributed by atoms with E-state index in [1.807, 2.05) is 0 Å². The molecule has 6 heteroatoms. The lowest BCUT2D eigenvalue weighted by atomic mass is 10.0. The first-order chi connectivity index (χ1) is 31.0. The van der Waals surface area contributed by atoms with Gasteiger partial charge in [0.2, 0.25) is 0 Å². The number of esters is 3. The topological polar surface area (TPSA) is 78.9 Å². The minimum Gasteiger partial charge on any atom is -0.462 e. The average Bonchev–Trinajstić information content (AvgIpc) is 3.28. The van der Waals surface area contributed by atoms with Gasteiger partial charge in [-0.25, -0.2) is 0 Å². The largest absolute Gasteiger partial charge is 0.462 e. The molecule has 0 bridgehead atoms. The summed E-state index contributed by atoms with van der Waals surface area (Å²) < 4.78 is 16.7. The molecule has 360 valence electrons. The Labute approximate surface area is 388 Å². The second kappa shape index (κ2) is 51.2. The van der Waals surface area contributed by atoms with E-state index in [-0.39, 0.29) is 44.0 Å². The van der Waals surface area contributed by atoms with Crippen LogP contribution < -0.4 is 0 Å². The fourth-order valence-electron chi connectivity index (χ4n) is 6.91. The summed E-state index contributed by atoms with van der Waals surface area (Å²) in [6, 6.07) is 0. The number of carbonyl (C=O) groups excluding carboxylic acids is 3. The van der Waals surface area contributed by atoms with Crippen molar-refractivity contribution in [1.82, 2.24) is 0 Å². The van der Waals surface area contributed by atoms with Crippen molar-refractivity contribution in [2.24, 2.45) is 0 Å².